The number of nitrogens with one attached hydrogen (secondary N) is 2. The van der Waals surface area contributed by atoms with Crippen LogP contribution < -0.4 is 16.6 Å². The van der Waals surface area contributed by atoms with Gasteiger partial charge in [-0.3, -0.25) is 10.9 Å². The first kappa shape index (κ1) is 12.8. The first-order valence-electron chi connectivity index (χ1n) is 5.31. The van der Waals surface area contributed by atoms with E-state index in [-0.39, 0.29) is 23.9 Å². The van der Waals surface area contributed by atoms with Crippen molar-refractivity contribution < 1.29 is 14.6 Å². The third-order valence-corrected chi connectivity index (χ3v) is 3.05. The fourth-order valence-electron chi connectivity index (χ4n) is 1.91. The van der Waals surface area contributed by atoms with Gasteiger partial charge >= 0.3 is 5.97 Å². The Morgan fingerprint density at radius 3 is 3.00 bits per heavy atom. The van der Waals surface area contributed by atoms with Gasteiger partial charge in [0.1, 0.15) is 6.04 Å². The second kappa shape index (κ2) is 4.91. The SMILES string of the molecule is COC(=O)[C@@H]1C[C@@H](O)CN1C1=NC(N)=C(Cl)NN1. The third-order valence-electron chi connectivity index (χ3n) is 2.76. The summed E-state index contributed by atoms with van der Waals surface area (Å²) in [6, 6.07) is -0.595. The van der Waals surface area contributed by atoms with Gasteiger partial charge in [-0.15, -0.1) is 0 Å². The van der Waals surface area contributed by atoms with Crippen LogP contribution in [0.3, 0.4) is 0 Å². The van der Waals surface area contributed by atoms with Gasteiger partial charge < -0.3 is 20.5 Å². The fraction of sp³-hybridized carbons (Fsp3) is 0.556. The molecule has 0 unspecified atom stereocenters. The number of esters is 1. The number of methoxy groups -OCH3 is 1. The molecule has 5 N–H and O–H groups in total. The lowest BCUT2D eigenvalue weighted by Crippen LogP contribution is -2.53. The molecule has 0 aromatic heterocycles. The van der Waals surface area contributed by atoms with Crippen molar-refractivity contribution in [3.63, 3.8) is 0 Å². The molecule has 0 bridgehead atoms. The Morgan fingerprint density at radius 1 is 1.67 bits per heavy atom. The Kier molecular flexibility index (Phi) is 3.48. The molecule has 1 saturated heterocycles. The molecule has 0 aromatic carbocycles. The summed E-state index contributed by atoms with van der Waals surface area (Å²) in [6.07, 6.45) is -0.341. The topological polar surface area (TPSA) is 112 Å². The molecule has 8 nitrogen and oxygen atoms in total. The van der Waals surface area contributed by atoms with Crippen LogP contribution in [0.1, 0.15) is 6.42 Å². The van der Waals surface area contributed by atoms with Gasteiger partial charge in [-0.1, -0.05) is 11.6 Å². The van der Waals surface area contributed by atoms with E-state index in [0.29, 0.717) is 5.96 Å². The summed E-state index contributed by atoms with van der Waals surface area (Å²) < 4.78 is 4.69. The van der Waals surface area contributed by atoms with Crippen molar-refractivity contribution >= 4 is 23.5 Å². The van der Waals surface area contributed by atoms with Gasteiger partial charge in [0.25, 0.3) is 0 Å². The maximum absolute atomic E-state index is 11.6. The second-order valence-corrected chi connectivity index (χ2v) is 4.34. The van der Waals surface area contributed by atoms with Crippen molar-refractivity contribution in [2.75, 3.05) is 13.7 Å². The van der Waals surface area contributed by atoms with Gasteiger partial charge in [0.05, 0.1) is 13.2 Å². The summed E-state index contributed by atoms with van der Waals surface area (Å²) in [5, 5.41) is 9.82. The highest BCUT2D eigenvalue weighted by atomic mass is 35.5. The Morgan fingerprint density at radius 2 is 2.39 bits per heavy atom. The molecule has 2 rings (SSSR count). The van der Waals surface area contributed by atoms with Crippen LogP contribution in [0.2, 0.25) is 0 Å². The van der Waals surface area contributed by atoms with Gasteiger partial charge in [0, 0.05) is 13.0 Å². The second-order valence-electron chi connectivity index (χ2n) is 3.97. The average Bonchev–Trinajstić information content (AvgIpc) is 2.74. The molecule has 2 aliphatic rings. The standard InChI is InChI=1S/C9H14ClN5O3/c1-18-8(17)5-2-4(16)3-15(5)9-12-7(11)6(10)13-14-9/h4-5,13,16H,2-3,11H2,1H3,(H,12,14)/t4-,5+/m1/s1. The number of rotatable bonds is 1. The number of hydrazine groups is 1. The number of carbonyl (C=O) groups excluding carboxylic acids is 1. The highest BCUT2D eigenvalue weighted by molar-refractivity contribution is 6.29. The molecule has 0 aliphatic carbocycles. The molecule has 0 spiro atoms. The molecule has 0 saturated carbocycles. The van der Waals surface area contributed by atoms with Crippen molar-refractivity contribution in [1.29, 1.82) is 0 Å². The van der Waals surface area contributed by atoms with Gasteiger partial charge in [0.2, 0.25) is 5.96 Å². The van der Waals surface area contributed by atoms with E-state index >= 15 is 0 Å². The van der Waals surface area contributed by atoms with E-state index in [4.69, 9.17) is 17.3 Å². The largest absolute Gasteiger partial charge is 0.467 e. The van der Waals surface area contributed by atoms with Crippen molar-refractivity contribution in [3.05, 3.63) is 11.0 Å². The number of aliphatic hydroxyl groups is 1. The summed E-state index contributed by atoms with van der Waals surface area (Å²) in [4.78, 5) is 17.2. The van der Waals surface area contributed by atoms with Crippen molar-refractivity contribution in [2.45, 2.75) is 18.6 Å². The van der Waals surface area contributed by atoms with E-state index in [9.17, 15) is 9.90 Å². The molecule has 2 heterocycles. The molecular weight excluding hydrogens is 262 g/mol. The molecule has 100 valence electrons. The lowest BCUT2D eigenvalue weighted by Gasteiger charge is -2.28. The number of hydrogen-bond donors (Lipinski definition) is 4. The maximum atomic E-state index is 11.6. The van der Waals surface area contributed by atoms with E-state index < -0.39 is 18.1 Å². The number of likely N-dealkylation sites (tertiary alicyclic amines) is 1. The predicted octanol–water partition coefficient (Wildman–Crippen LogP) is -1.62. The summed E-state index contributed by atoms with van der Waals surface area (Å²) in [5.74, 6) is -0.00505. The van der Waals surface area contributed by atoms with E-state index in [0.717, 1.165) is 0 Å². The summed E-state index contributed by atoms with van der Waals surface area (Å²) in [5.41, 5.74) is 10.9. The Labute approximate surface area is 108 Å². The first-order chi connectivity index (χ1) is 8.52. The van der Waals surface area contributed by atoms with Crippen LogP contribution in [0, 0.1) is 0 Å². The molecule has 2 aliphatic heterocycles. The summed E-state index contributed by atoms with van der Waals surface area (Å²) >= 11 is 5.71. The van der Waals surface area contributed by atoms with Gasteiger partial charge in [-0.25, -0.2) is 4.79 Å². The molecule has 1 fully saturated rings. The number of carbonyl (C=O) groups is 1. The van der Waals surface area contributed by atoms with Crippen LogP contribution in [0.25, 0.3) is 0 Å². The number of guanidine groups is 1. The molecule has 2 atom stereocenters. The lowest BCUT2D eigenvalue weighted by atomic mass is 10.2. The Hall–Kier alpha value is -1.67. The van der Waals surface area contributed by atoms with Crippen LogP contribution in [0.5, 0.6) is 0 Å². The van der Waals surface area contributed by atoms with Crippen LogP contribution in [-0.2, 0) is 9.53 Å². The van der Waals surface area contributed by atoms with Crippen LogP contribution in [0.4, 0.5) is 0 Å². The fourth-order valence-corrected chi connectivity index (χ4v) is 2.00. The van der Waals surface area contributed by atoms with E-state index in [1.165, 1.54) is 7.11 Å². The average molecular weight is 276 g/mol. The maximum Gasteiger partial charge on any atom is 0.328 e. The number of nitrogens with zero attached hydrogens (tertiary/aromatic N) is 2. The third kappa shape index (κ3) is 2.29. The monoisotopic (exact) mass is 275 g/mol. The number of ether oxygens (including phenoxy) is 1. The van der Waals surface area contributed by atoms with Crippen molar-refractivity contribution in [2.24, 2.45) is 10.7 Å². The Bertz CT molecular complexity index is 424. The quantitative estimate of drug-likeness (QED) is 0.336. The first-order valence-corrected chi connectivity index (χ1v) is 5.69. The lowest BCUT2D eigenvalue weighted by molar-refractivity contribution is -0.144. The van der Waals surface area contributed by atoms with Gasteiger partial charge in [-0.2, -0.15) is 4.99 Å². The van der Waals surface area contributed by atoms with E-state index in [2.05, 4.69) is 20.6 Å². The van der Waals surface area contributed by atoms with E-state index in [1.807, 2.05) is 0 Å². The molecule has 0 radical (unpaired) electrons. The summed E-state index contributed by atoms with van der Waals surface area (Å²) in [7, 11) is 1.30. The zero-order valence-electron chi connectivity index (χ0n) is 9.68. The normalized spacial score (nSPS) is 27.5. The minimum absolute atomic E-state index is 0.107. The predicted molar refractivity (Wildman–Crippen MR) is 63.9 cm³/mol. The molecule has 18 heavy (non-hydrogen) atoms. The van der Waals surface area contributed by atoms with Crippen LogP contribution >= 0.6 is 11.6 Å². The Balaban J connectivity index is 2.21. The molecule has 9 heteroatoms. The van der Waals surface area contributed by atoms with E-state index in [1.54, 1.807) is 4.90 Å². The molecule has 0 amide bonds. The zero-order chi connectivity index (χ0) is 13.3. The number of aliphatic imine (C=N–C) groups is 1. The van der Waals surface area contributed by atoms with Gasteiger partial charge in [-0.05, 0) is 0 Å². The summed E-state index contributed by atoms with van der Waals surface area (Å²) in [6.45, 7) is 0.262. The highest BCUT2D eigenvalue weighted by Gasteiger charge is 2.39. The number of aliphatic hydroxyl groups excluding tert-OH is 1. The zero-order valence-corrected chi connectivity index (χ0v) is 10.4. The smallest absolute Gasteiger partial charge is 0.328 e. The van der Waals surface area contributed by atoms with Crippen LogP contribution in [-0.4, -0.2) is 47.7 Å². The number of β-amino-alcohol motifs (C(OH)–C–C–N with tert-alkyl or cyclic N) is 1. The molecular formula is C9H14ClN5O3. The highest BCUT2D eigenvalue weighted by Crippen LogP contribution is 2.20. The molecule has 0 aromatic rings. The van der Waals surface area contributed by atoms with Crippen LogP contribution in [0.15, 0.2) is 16.0 Å². The minimum Gasteiger partial charge on any atom is -0.467 e. The minimum atomic E-state index is -0.624. The van der Waals surface area contributed by atoms with Crippen molar-refractivity contribution in [1.82, 2.24) is 15.8 Å². The number of hydrogen-bond acceptors (Lipinski definition) is 8. The van der Waals surface area contributed by atoms with Crippen molar-refractivity contribution in [3.8, 4) is 0 Å². The number of halogens is 1. The number of nitrogens with two attached hydrogens (primary N) is 1. The van der Waals surface area contributed by atoms with Gasteiger partial charge in [0.15, 0.2) is 11.0 Å².